The zero-order chi connectivity index (χ0) is 23.4. The molecule has 34 heavy (non-hydrogen) atoms. The van der Waals surface area contributed by atoms with Crippen molar-refractivity contribution < 1.29 is 9.53 Å². The van der Waals surface area contributed by atoms with Crippen LogP contribution in [0.5, 0.6) is 5.75 Å². The Morgan fingerprint density at radius 2 is 1.94 bits per heavy atom. The van der Waals surface area contributed by atoms with Crippen LogP contribution in [0.4, 0.5) is 11.5 Å². The van der Waals surface area contributed by atoms with E-state index in [1.165, 1.54) is 0 Å². The molecular formula is C25H29ClN6O2. The molecule has 0 aliphatic rings. The number of aromatic nitrogens is 3. The monoisotopic (exact) mass is 480 g/mol. The minimum Gasteiger partial charge on any atom is -0.497 e. The second-order valence-electron chi connectivity index (χ2n) is 7.87. The summed E-state index contributed by atoms with van der Waals surface area (Å²) in [5, 5.41) is 3.34. The van der Waals surface area contributed by atoms with Crippen LogP contribution in [0.3, 0.4) is 0 Å². The standard InChI is InChI=1S/C25H28N6O2.ClH/c1-17-15-19(7-10-21(17)25(32)30(2)13-4-11-26)29-23-24-28-16-22(31(24)14-12-27-23)18-5-8-20(33-3)9-6-18;/h5-10,12,14-16H,4,11,13,26H2,1-3H3,(H,27,29);1H. The maximum absolute atomic E-state index is 12.7. The lowest BCUT2D eigenvalue weighted by Crippen LogP contribution is -2.29. The Morgan fingerprint density at radius 1 is 1.18 bits per heavy atom. The van der Waals surface area contributed by atoms with E-state index in [0.717, 1.165) is 34.7 Å². The van der Waals surface area contributed by atoms with Gasteiger partial charge in [-0.3, -0.25) is 9.20 Å². The summed E-state index contributed by atoms with van der Waals surface area (Å²) in [5.41, 5.74) is 10.7. The summed E-state index contributed by atoms with van der Waals surface area (Å²) in [6.45, 7) is 3.13. The average molecular weight is 481 g/mol. The molecule has 4 rings (SSSR count). The van der Waals surface area contributed by atoms with E-state index >= 15 is 0 Å². The minimum atomic E-state index is -0.00915. The number of rotatable bonds is 8. The number of amides is 1. The molecule has 0 saturated heterocycles. The highest BCUT2D eigenvalue weighted by Gasteiger charge is 2.15. The van der Waals surface area contributed by atoms with Crippen molar-refractivity contribution in [2.75, 3.05) is 32.6 Å². The topological polar surface area (TPSA) is 97.8 Å². The number of hydrogen-bond donors (Lipinski definition) is 2. The fraction of sp³-hybridized carbons (Fsp3) is 0.240. The molecule has 0 atom stereocenters. The van der Waals surface area contributed by atoms with E-state index in [1.807, 2.05) is 66.2 Å². The van der Waals surface area contributed by atoms with Gasteiger partial charge >= 0.3 is 0 Å². The van der Waals surface area contributed by atoms with Crippen molar-refractivity contribution in [2.24, 2.45) is 5.73 Å². The molecule has 0 radical (unpaired) electrons. The van der Waals surface area contributed by atoms with Crippen molar-refractivity contribution in [3.05, 3.63) is 72.2 Å². The highest BCUT2D eigenvalue weighted by Crippen LogP contribution is 2.27. The first-order valence-corrected chi connectivity index (χ1v) is 10.8. The van der Waals surface area contributed by atoms with Crippen LogP contribution >= 0.6 is 12.4 Å². The van der Waals surface area contributed by atoms with E-state index < -0.39 is 0 Å². The van der Waals surface area contributed by atoms with E-state index in [0.29, 0.717) is 30.1 Å². The van der Waals surface area contributed by atoms with Crippen LogP contribution in [0.25, 0.3) is 16.9 Å². The molecule has 1 amide bonds. The summed E-state index contributed by atoms with van der Waals surface area (Å²) >= 11 is 0. The summed E-state index contributed by atoms with van der Waals surface area (Å²) in [4.78, 5) is 23.5. The largest absolute Gasteiger partial charge is 0.497 e. The van der Waals surface area contributed by atoms with Crippen LogP contribution in [-0.2, 0) is 0 Å². The average Bonchev–Trinajstić information content (AvgIpc) is 3.27. The number of nitrogens with one attached hydrogen (secondary N) is 1. The Hall–Kier alpha value is -3.62. The first-order chi connectivity index (χ1) is 16.0. The van der Waals surface area contributed by atoms with Crippen molar-refractivity contribution >= 4 is 35.5 Å². The number of nitrogens with zero attached hydrogens (tertiary/aromatic N) is 4. The molecule has 178 valence electrons. The lowest BCUT2D eigenvalue weighted by Gasteiger charge is -2.18. The van der Waals surface area contributed by atoms with E-state index in [1.54, 1.807) is 25.3 Å². The van der Waals surface area contributed by atoms with Crippen LogP contribution in [0.2, 0.25) is 0 Å². The predicted molar refractivity (Wildman–Crippen MR) is 137 cm³/mol. The minimum absolute atomic E-state index is 0. The number of benzene rings is 2. The molecule has 8 nitrogen and oxygen atoms in total. The lowest BCUT2D eigenvalue weighted by atomic mass is 10.1. The third kappa shape index (κ3) is 5.13. The zero-order valence-corrected chi connectivity index (χ0v) is 20.3. The number of imidazole rings is 1. The molecule has 0 unspecified atom stereocenters. The Kier molecular flexibility index (Phi) is 8.09. The number of anilines is 2. The fourth-order valence-electron chi connectivity index (χ4n) is 3.74. The van der Waals surface area contributed by atoms with Crippen LogP contribution in [0.15, 0.2) is 61.1 Å². The molecule has 3 N–H and O–H groups in total. The van der Waals surface area contributed by atoms with Crippen molar-refractivity contribution in [3.8, 4) is 17.0 Å². The van der Waals surface area contributed by atoms with E-state index in [-0.39, 0.29) is 18.3 Å². The van der Waals surface area contributed by atoms with Gasteiger partial charge in [-0.05, 0) is 67.9 Å². The number of fused-ring (bicyclic) bond motifs is 1. The van der Waals surface area contributed by atoms with Crippen LogP contribution in [-0.4, -0.2) is 52.4 Å². The lowest BCUT2D eigenvalue weighted by molar-refractivity contribution is 0.0793. The smallest absolute Gasteiger partial charge is 0.253 e. The number of carbonyl (C=O) groups is 1. The molecule has 0 aliphatic heterocycles. The summed E-state index contributed by atoms with van der Waals surface area (Å²) < 4.78 is 7.25. The van der Waals surface area contributed by atoms with Crippen LogP contribution in [0.1, 0.15) is 22.3 Å². The maximum Gasteiger partial charge on any atom is 0.253 e. The molecule has 2 aromatic heterocycles. The third-order valence-electron chi connectivity index (χ3n) is 5.58. The van der Waals surface area contributed by atoms with Gasteiger partial charge in [-0.15, -0.1) is 12.4 Å². The molecule has 0 bridgehead atoms. The molecule has 0 fully saturated rings. The number of aryl methyl sites for hydroxylation is 1. The van der Waals surface area contributed by atoms with Crippen molar-refractivity contribution in [1.29, 1.82) is 0 Å². The molecule has 0 spiro atoms. The quantitative estimate of drug-likeness (QED) is 0.390. The van der Waals surface area contributed by atoms with Gasteiger partial charge in [0.15, 0.2) is 11.5 Å². The van der Waals surface area contributed by atoms with Crippen molar-refractivity contribution in [3.63, 3.8) is 0 Å². The number of nitrogens with two attached hydrogens (primary N) is 1. The van der Waals surface area contributed by atoms with Gasteiger partial charge in [0, 0.05) is 42.8 Å². The molecule has 0 saturated carbocycles. The van der Waals surface area contributed by atoms with E-state index in [2.05, 4.69) is 15.3 Å². The first-order valence-electron chi connectivity index (χ1n) is 10.8. The van der Waals surface area contributed by atoms with Crippen LogP contribution < -0.4 is 15.8 Å². The Balaban J connectivity index is 0.00000324. The van der Waals surface area contributed by atoms with Crippen molar-refractivity contribution in [1.82, 2.24) is 19.3 Å². The number of halogens is 1. The van der Waals surface area contributed by atoms with Gasteiger partial charge in [0.25, 0.3) is 5.91 Å². The second-order valence-corrected chi connectivity index (χ2v) is 7.87. The third-order valence-corrected chi connectivity index (χ3v) is 5.58. The molecular weight excluding hydrogens is 452 g/mol. The van der Waals surface area contributed by atoms with Gasteiger partial charge in [0.05, 0.1) is 19.0 Å². The van der Waals surface area contributed by atoms with Gasteiger partial charge in [0.1, 0.15) is 5.75 Å². The first kappa shape index (κ1) is 25.0. The fourth-order valence-corrected chi connectivity index (χ4v) is 3.74. The van der Waals surface area contributed by atoms with Crippen LogP contribution in [0, 0.1) is 6.92 Å². The predicted octanol–water partition coefficient (Wildman–Crippen LogP) is 4.30. The van der Waals surface area contributed by atoms with E-state index in [4.69, 9.17) is 10.5 Å². The number of ether oxygens (including phenoxy) is 1. The molecule has 2 aromatic carbocycles. The summed E-state index contributed by atoms with van der Waals surface area (Å²) in [6, 6.07) is 13.5. The summed E-state index contributed by atoms with van der Waals surface area (Å²) in [6.07, 6.45) is 6.23. The molecule has 4 aromatic rings. The Morgan fingerprint density at radius 3 is 2.62 bits per heavy atom. The van der Waals surface area contributed by atoms with Gasteiger partial charge in [-0.25, -0.2) is 9.97 Å². The SMILES string of the molecule is COc1ccc(-c2cnc3c(Nc4ccc(C(=O)N(C)CCCN)c(C)c4)nccn23)cc1.Cl. The maximum atomic E-state index is 12.7. The highest BCUT2D eigenvalue weighted by molar-refractivity contribution is 5.96. The Bertz CT molecular complexity index is 1270. The molecule has 2 heterocycles. The number of carbonyl (C=O) groups excluding carboxylic acids is 1. The molecule has 0 aliphatic carbocycles. The molecule has 9 heteroatoms. The van der Waals surface area contributed by atoms with Gasteiger partial charge < -0.3 is 20.7 Å². The normalized spacial score (nSPS) is 10.6. The second kappa shape index (κ2) is 11.0. The van der Waals surface area contributed by atoms with E-state index in [9.17, 15) is 4.79 Å². The summed E-state index contributed by atoms with van der Waals surface area (Å²) in [7, 11) is 3.45. The van der Waals surface area contributed by atoms with Gasteiger partial charge in [-0.1, -0.05) is 0 Å². The van der Waals surface area contributed by atoms with Gasteiger partial charge in [-0.2, -0.15) is 0 Å². The summed E-state index contributed by atoms with van der Waals surface area (Å²) in [5.74, 6) is 1.43. The highest BCUT2D eigenvalue weighted by atomic mass is 35.5. The van der Waals surface area contributed by atoms with Gasteiger partial charge in [0.2, 0.25) is 0 Å². The Labute approximate surface area is 205 Å². The number of hydrogen-bond acceptors (Lipinski definition) is 6. The zero-order valence-electron chi connectivity index (χ0n) is 19.5. The van der Waals surface area contributed by atoms with Crippen molar-refractivity contribution in [2.45, 2.75) is 13.3 Å². The number of methoxy groups -OCH3 is 1.